The van der Waals surface area contributed by atoms with E-state index in [9.17, 15) is 0 Å². The number of hydrogen-bond donors (Lipinski definition) is 1. The van der Waals surface area contributed by atoms with Gasteiger partial charge in [0, 0.05) is 10.9 Å². The van der Waals surface area contributed by atoms with Gasteiger partial charge in [0.2, 0.25) is 0 Å². The Labute approximate surface area is 92.6 Å². The van der Waals surface area contributed by atoms with Crippen LogP contribution in [-0.2, 0) is 0 Å². The Morgan fingerprint density at radius 3 is 2.93 bits per heavy atom. The average molecular weight is 220 g/mol. The number of fused-ring (bicyclic) bond motifs is 1. The summed E-state index contributed by atoms with van der Waals surface area (Å²) < 4.78 is 0. The van der Waals surface area contributed by atoms with E-state index in [1.54, 1.807) is 0 Å². The molecule has 0 spiro atoms. The molecule has 0 unspecified atom stereocenters. The van der Waals surface area contributed by atoms with Crippen molar-refractivity contribution in [3.63, 3.8) is 0 Å². The van der Waals surface area contributed by atoms with Crippen molar-refractivity contribution >= 4 is 28.7 Å². The van der Waals surface area contributed by atoms with Gasteiger partial charge in [-0.3, -0.25) is 0 Å². The topological polar surface area (TPSA) is 51.3 Å². The minimum Gasteiger partial charge on any atom is -0.323 e. The summed E-state index contributed by atoms with van der Waals surface area (Å²) in [6.07, 6.45) is 1.49. The number of nitrogens with two attached hydrogens (primary N) is 1. The molecule has 0 bridgehead atoms. The molecule has 15 heavy (non-hydrogen) atoms. The van der Waals surface area contributed by atoms with Gasteiger partial charge < -0.3 is 5.84 Å². The lowest BCUT2D eigenvalue weighted by Gasteiger charge is -2.02. The van der Waals surface area contributed by atoms with Crippen LogP contribution >= 0.6 is 11.6 Å². The molecule has 2 N–H and O–H groups in total. The molecule has 0 saturated carbocycles. The van der Waals surface area contributed by atoms with Crippen LogP contribution in [0.2, 0.25) is 5.15 Å². The second kappa shape index (κ2) is 3.87. The minimum absolute atomic E-state index is 0.419. The van der Waals surface area contributed by atoms with Crippen LogP contribution in [0.5, 0.6) is 0 Å². The average Bonchev–Trinajstić information content (AvgIpc) is 2.20. The maximum atomic E-state index is 5.98. The van der Waals surface area contributed by atoms with Crippen molar-refractivity contribution in [1.29, 1.82) is 0 Å². The number of pyridine rings is 1. The lowest BCUT2D eigenvalue weighted by Crippen LogP contribution is -1.91. The summed E-state index contributed by atoms with van der Waals surface area (Å²) in [6, 6.07) is 7.94. The largest absolute Gasteiger partial charge is 0.323 e. The molecule has 0 atom stereocenters. The minimum atomic E-state index is 0.419. The number of benzene rings is 1. The molecule has 1 heterocycles. The Hall–Kier alpha value is -1.61. The van der Waals surface area contributed by atoms with E-state index in [1.807, 2.05) is 31.2 Å². The van der Waals surface area contributed by atoms with Crippen molar-refractivity contribution in [2.75, 3.05) is 0 Å². The lowest BCUT2D eigenvalue weighted by atomic mass is 10.1. The van der Waals surface area contributed by atoms with Crippen molar-refractivity contribution in [2.45, 2.75) is 6.92 Å². The zero-order valence-electron chi connectivity index (χ0n) is 8.24. The van der Waals surface area contributed by atoms with E-state index in [4.69, 9.17) is 17.4 Å². The molecule has 76 valence electrons. The van der Waals surface area contributed by atoms with Crippen LogP contribution in [0.3, 0.4) is 0 Å². The SMILES string of the molecule is Cc1ccc2cc(C=NN)c(Cl)nc2c1. The molecule has 0 radical (unpaired) electrons. The zero-order chi connectivity index (χ0) is 10.8. The third-order valence-corrected chi connectivity index (χ3v) is 2.47. The highest BCUT2D eigenvalue weighted by Gasteiger charge is 2.02. The molecule has 2 aromatic rings. The van der Waals surface area contributed by atoms with Gasteiger partial charge in [0.15, 0.2) is 0 Å². The molecule has 0 aliphatic carbocycles. The van der Waals surface area contributed by atoms with Gasteiger partial charge in [-0.2, -0.15) is 5.10 Å². The third kappa shape index (κ3) is 1.92. The van der Waals surface area contributed by atoms with Crippen molar-refractivity contribution in [1.82, 2.24) is 4.98 Å². The van der Waals surface area contributed by atoms with Gasteiger partial charge in [0.25, 0.3) is 0 Å². The molecule has 4 heteroatoms. The maximum Gasteiger partial charge on any atom is 0.138 e. The maximum absolute atomic E-state index is 5.98. The van der Waals surface area contributed by atoms with Gasteiger partial charge in [-0.1, -0.05) is 23.7 Å². The van der Waals surface area contributed by atoms with Crippen LogP contribution in [-0.4, -0.2) is 11.2 Å². The van der Waals surface area contributed by atoms with Crippen LogP contribution in [0.25, 0.3) is 10.9 Å². The number of hydrazone groups is 1. The van der Waals surface area contributed by atoms with Gasteiger partial charge in [-0.05, 0) is 24.6 Å². The van der Waals surface area contributed by atoms with Crippen LogP contribution in [0.4, 0.5) is 0 Å². The van der Waals surface area contributed by atoms with Crippen molar-refractivity contribution in [3.8, 4) is 0 Å². The monoisotopic (exact) mass is 219 g/mol. The first-order chi connectivity index (χ1) is 7.20. The van der Waals surface area contributed by atoms with E-state index in [1.165, 1.54) is 6.21 Å². The Morgan fingerprint density at radius 1 is 1.40 bits per heavy atom. The fourth-order valence-electron chi connectivity index (χ4n) is 1.44. The van der Waals surface area contributed by atoms with E-state index < -0.39 is 0 Å². The summed E-state index contributed by atoms with van der Waals surface area (Å²) in [5.74, 6) is 5.08. The summed E-state index contributed by atoms with van der Waals surface area (Å²) in [7, 11) is 0. The Morgan fingerprint density at radius 2 is 2.20 bits per heavy atom. The van der Waals surface area contributed by atoms with Crippen LogP contribution < -0.4 is 5.84 Å². The molecule has 0 amide bonds. The smallest absolute Gasteiger partial charge is 0.138 e. The molecule has 1 aromatic heterocycles. The molecule has 0 aliphatic heterocycles. The number of hydrogen-bond acceptors (Lipinski definition) is 3. The van der Waals surface area contributed by atoms with Gasteiger partial charge in [-0.15, -0.1) is 0 Å². The summed E-state index contributed by atoms with van der Waals surface area (Å²) >= 11 is 5.98. The zero-order valence-corrected chi connectivity index (χ0v) is 8.99. The fourth-order valence-corrected chi connectivity index (χ4v) is 1.64. The van der Waals surface area contributed by atoms with E-state index in [-0.39, 0.29) is 0 Å². The van der Waals surface area contributed by atoms with Crippen molar-refractivity contribution in [2.24, 2.45) is 10.9 Å². The predicted octanol–water partition coefficient (Wildman–Crippen LogP) is 2.49. The standard InChI is InChI=1S/C11H10ClN3/c1-7-2-3-8-5-9(6-14-13)11(12)15-10(8)4-7/h2-6H,13H2,1H3. The summed E-state index contributed by atoms with van der Waals surface area (Å²) in [5.41, 5.74) is 2.77. The molecule has 0 fully saturated rings. The Kier molecular flexibility index (Phi) is 2.56. The highest BCUT2D eigenvalue weighted by Crippen LogP contribution is 2.20. The van der Waals surface area contributed by atoms with E-state index in [2.05, 4.69) is 10.1 Å². The first kappa shape index (κ1) is 9.93. The first-order valence-corrected chi connectivity index (χ1v) is 4.88. The highest BCUT2D eigenvalue weighted by molar-refractivity contribution is 6.32. The summed E-state index contributed by atoms with van der Waals surface area (Å²) in [4.78, 5) is 4.27. The molecular formula is C11H10ClN3. The highest BCUT2D eigenvalue weighted by atomic mass is 35.5. The molecular weight excluding hydrogens is 210 g/mol. The first-order valence-electron chi connectivity index (χ1n) is 4.51. The second-order valence-electron chi connectivity index (χ2n) is 3.34. The Bertz CT molecular complexity index is 535. The third-order valence-electron chi connectivity index (χ3n) is 2.17. The van der Waals surface area contributed by atoms with Crippen molar-refractivity contribution < 1.29 is 0 Å². The van der Waals surface area contributed by atoms with Gasteiger partial charge >= 0.3 is 0 Å². The van der Waals surface area contributed by atoms with Crippen LogP contribution in [0.1, 0.15) is 11.1 Å². The molecule has 3 nitrogen and oxygen atoms in total. The van der Waals surface area contributed by atoms with Crippen LogP contribution in [0.15, 0.2) is 29.4 Å². The molecule has 2 rings (SSSR count). The normalized spacial score (nSPS) is 11.3. The summed E-state index contributed by atoms with van der Waals surface area (Å²) in [5, 5.41) is 4.89. The van der Waals surface area contributed by atoms with Gasteiger partial charge in [-0.25, -0.2) is 4.98 Å². The number of rotatable bonds is 1. The fraction of sp³-hybridized carbons (Fsp3) is 0.0909. The molecule has 0 saturated heterocycles. The lowest BCUT2D eigenvalue weighted by molar-refractivity contribution is 1.26. The quantitative estimate of drug-likeness (QED) is 0.347. The van der Waals surface area contributed by atoms with Crippen LogP contribution in [0, 0.1) is 6.92 Å². The number of aromatic nitrogens is 1. The number of aryl methyl sites for hydroxylation is 1. The van der Waals surface area contributed by atoms with Crippen molar-refractivity contribution in [3.05, 3.63) is 40.5 Å². The van der Waals surface area contributed by atoms with E-state index in [0.717, 1.165) is 22.0 Å². The second-order valence-corrected chi connectivity index (χ2v) is 3.70. The predicted molar refractivity (Wildman–Crippen MR) is 63.3 cm³/mol. The van der Waals surface area contributed by atoms with E-state index >= 15 is 0 Å². The number of nitrogens with zero attached hydrogens (tertiary/aromatic N) is 2. The summed E-state index contributed by atoms with van der Waals surface area (Å²) in [6.45, 7) is 2.02. The number of halogens is 1. The van der Waals surface area contributed by atoms with E-state index in [0.29, 0.717) is 5.15 Å². The van der Waals surface area contributed by atoms with Gasteiger partial charge in [0.1, 0.15) is 5.15 Å². The molecule has 0 aliphatic rings. The molecule has 1 aromatic carbocycles. The Balaban J connectivity index is 2.70. The van der Waals surface area contributed by atoms with Gasteiger partial charge in [0.05, 0.1) is 11.7 Å².